The summed E-state index contributed by atoms with van der Waals surface area (Å²) >= 11 is 0. The van der Waals surface area contributed by atoms with Crippen LogP contribution in [0.5, 0.6) is 0 Å². The molecule has 0 radical (unpaired) electrons. The minimum absolute atomic E-state index is 0.0242. The number of hydrogen-bond acceptors (Lipinski definition) is 2. The summed E-state index contributed by atoms with van der Waals surface area (Å²) in [5.74, 6) is 0. The SMILES string of the molecule is FC(F)c1ccnc(-c2cc(C(F)(F)F)ccn2)c1. The van der Waals surface area contributed by atoms with Gasteiger partial charge in [-0.3, -0.25) is 9.97 Å². The number of hydrogen-bond donors (Lipinski definition) is 0. The molecule has 0 bridgehead atoms. The Morgan fingerprint density at radius 1 is 0.895 bits per heavy atom. The molecule has 2 aromatic heterocycles. The van der Waals surface area contributed by atoms with Gasteiger partial charge in [0.05, 0.1) is 17.0 Å². The second-order valence-corrected chi connectivity index (χ2v) is 3.70. The second-order valence-electron chi connectivity index (χ2n) is 3.70. The number of alkyl halides is 5. The summed E-state index contributed by atoms with van der Waals surface area (Å²) in [6.45, 7) is 0. The van der Waals surface area contributed by atoms with Crippen LogP contribution in [-0.2, 0) is 6.18 Å². The summed E-state index contributed by atoms with van der Waals surface area (Å²) in [5, 5.41) is 0. The lowest BCUT2D eigenvalue weighted by Gasteiger charge is -2.08. The molecule has 2 heterocycles. The lowest BCUT2D eigenvalue weighted by atomic mass is 10.1. The summed E-state index contributed by atoms with van der Waals surface area (Å²) in [4.78, 5) is 7.47. The second kappa shape index (κ2) is 4.91. The molecule has 19 heavy (non-hydrogen) atoms. The average molecular weight is 274 g/mol. The summed E-state index contributed by atoms with van der Waals surface area (Å²) in [5.41, 5.74) is -1.34. The fourth-order valence-corrected chi connectivity index (χ4v) is 1.47. The van der Waals surface area contributed by atoms with Crippen LogP contribution in [0.1, 0.15) is 17.6 Å². The fraction of sp³-hybridized carbons (Fsp3) is 0.167. The maximum atomic E-state index is 12.5. The molecule has 0 amide bonds. The molecule has 0 aliphatic heterocycles. The van der Waals surface area contributed by atoms with Crippen LogP contribution >= 0.6 is 0 Å². The third kappa shape index (κ3) is 3.04. The Labute approximate surface area is 104 Å². The first-order valence-corrected chi connectivity index (χ1v) is 5.15. The molecule has 0 atom stereocenters. The van der Waals surface area contributed by atoms with Crippen LogP contribution in [0.2, 0.25) is 0 Å². The van der Waals surface area contributed by atoms with Gasteiger partial charge < -0.3 is 0 Å². The van der Waals surface area contributed by atoms with Gasteiger partial charge in [-0.2, -0.15) is 13.2 Å². The Hall–Kier alpha value is -2.05. The van der Waals surface area contributed by atoms with E-state index in [1.807, 2.05) is 0 Å². The molecule has 100 valence electrons. The number of nitrogens with zero attached hydrogens (tertiary/aromatic N) is 2. The normalized spacial score (nSPS) is 11.9. The molecule has 0 aliphatic carbocycles. The first kappa shape index (κ1) is 13.4. The highest BCUT2D eigenvalue weighted by Gasteiger charge is 2.30. The summed E-state index contributed by atoms with van der Waals surface area (Å²) in [6, 6.07) is 3.70. The van der Waals surface area contributed by atoms with Crippen molar-refractivity contribution in [1.29, 1.82) is 0 Å². The summed E-state index contributed by atoms with van der Waals surface area (Å²) in [6.07, 6.45) is -5.15. The zero-order valence-corrected chi connectivity index (χ0v) is 9.33. The van der Waals surface area contributed by atoms with E-state index in [1.165, 1.54) is 0 Å². The van der Waals surface area contributed by atoms with E-state index in [4.69, 9.17) is 0 Å². The van der Waals surface area contributed by atoms with Crippen molar-refractivity contribution in [3.63, 3.8) is 0 Å². The van der Waals surface area contributed by atoms with Gasteiger partial charge in [0, 0.05) is 18.0 Å². The van der Waals surface area contributed by atoms with Crippen LogP contribution in [0.4, 0.5) is 22.0 Å². The lowest BCUT2D eigenvalue weighted by molar-refractivity contribution is -0.137. The van der Waals surface area contributed by atoms with Crippen molar-refractivity contribution >= 4 is 0 Å². The van der Waals surface area contributed by atoms with Gasteiger partial charge in [0.25, 0.3) is 6.43 Å². The van der Waals surface area contributed by atoms with Crippen LogP contribution in [-0.4, -0.2) is 9.97 Å². The summed E-state index contributed by atoms with van der Waals surface area (Å²) < 4.78 is 62.6. The van der Waals surface area contributed by atoms with E-state index in [9.17, 15) is 22.0 Å². The van der Waals surface area contributed by atoms with E-state index in [1.54, 1.807) is 0 Å². The fourth-order valence-electron chi connectivity index (χ4n) is 1.47. The molecule has 2 aromatic rings. The van der Waals surface area contributed by atoms with Gasteiger partial charge in [0.2, 0.25) is 0 Å². The first-order chi connectivity index (χ1) is 8.88. The van der Waals surface area contributed by atoms with Crippen LogP contribution < -0.4 is 0 Å². The lowest BCUT2D eigenvalue weighted by Crippen LogP contribution is -2.05. The van der Waals surface area contributed by atoms with Gasteiger partial charge >= 0.3 is 6.18 Å². The van der Waals surface area contributed by atoms with E-state index >= 15 is 0 Å². The van der Waals surface area contributed by atoms with Gasteiger partial charge in [-0.25, -0.2) is 8.78 Å². The predicted molar refractivity (Wildman–Crippen MR) is 57.4 cm³/mol. The molecule has 0 unspecified atom stereocenters. The van der Waals surface area contributed by atoms with Crippen molar-refractivity contribution in [2.24, 2.45) is 0 Å². The number of rotatable bonds is 2. The molecular weight excluding hydrogens is 267 g/mol. The minimum atomic E-state index is -4.52. The van der Waals surface area contributed by atoms with Gasteiger partial charge in [0.1, 0.15) is 0 Å². The van der Waals surface area contributed by atoms with Crippen molar-refractivity contribution < 1.29 is 22.0 Å². The maximum absolute atomic E-state index is 12.5. The van der Waals surface area contributed by atoms with E-state index < -0.39 is 18.2 Å². The zero-order valence-electron chi connectivity index (χ0n) is 9.33. The Morgan fingerprint density at radius 3 is 2.05 bits per heavy atom. The standard InChI is InChI=1S/C12H7F5N2/c13-11(14)7-1-3-18-9(5-7)10-6-8(2-4-19-10)12(15,16)17/h1-6,11H. The maximum Gasteiger partial charge on any atom is 0.416 e. The van der Waals surface area contributed by atoms with Crippen LogP contribution in [0, 0.1) is 0 Å². The van der Waals surface area contributed by atoms with Crippen LogP contribution in [0.3, 0.4) is 0 Å². The molecule has 0 aromatic carbocycles. The van der Waals surface area contributed by atoms with Gasteiger partial charge in [-0.1, -0.05) is 0 Å². The number of aromatic nitrogens is 2. The van der Waals surface area contributed by atoms with E-state index in [0.717, 1.165) is 36.7 Å². The van der Waals surface area contributed by atoms with Crippen molar-refractivity contribution in [3.8, 4) is 11.4 Å². The van der Waals surface area contributed by atoms with E-state index in [2.05, 4.69) is 9.97 Å². The summed E-state index contributed by atoms with van der Waals surface area (Å²) in [7, 11) is 0. The third-order valence-corrected chi connectivity index (χ3v) is 2.39. The third-order valence-electron chi connectivity index (χ3n) is 2.39. The number of pyridine rings is 2. The Kier molecular flexibility index (Phi) is 3.46. The molecule has 0 saturated heterocycles. The molecule has 2 rings (SSSR count). The smallest absolute Gasteiger partial charge is 0.255 e. The van der Waals surface area contributed by atoms with Crippen molar-refractivity contribution in [3.05, 3.63) is 47.8 Å². The zero-order chi connectivity index (χ0) is 14.0. The highest BCUT2D eigenvalue weighted by Crippen LogP contribution is 2.31. The van der Waals surface area contributed by atoms with Crippen molar-refractivity contribution in [2.75, 3.05) is 0 Å². The molecular formula is C12H7F5N2. The van der Waals surface area contributed by atoms with E-state index in [-0.39, 0.29) is 17.0 Å². The predicted octanol–water partition coefficient (Wildman–Crippen LogP) is 4.10. The van der Waals surface area contributed by atoms with Crippen LogP contribution in [0.15, 0.2) is 36.7 Å². The Bertz CT molecular complexity index is 580. The highest BCUT2D eigenvalue weighted by atomic mass is 19.4. The van der Waals surface area contributed by atoms with Gasteiger partial charge in [0.15, 0.2) is 0 Å². The molecule has 0 spiro atoms. The van der Waals surface area contributed by atoms with Crippen molar-refractivity contribution in [2.45, 2.75) is 12.6 Å². The highest BCUT2D eigenvalue weighted by molar-refractivity contribution is 5.56. The molecule has 0 saturated carbocycles. The Morgan fingerprint density at radius 2 is 1.47 bits per heavy atom. The molecule has 0 fully saturated rings. The number of halogens is 5. The first-order valence-electron chi connectivity index (χ1n) is 5.15. The molecule has 2 nitrogen and oxygen atoms in total. The molecule has 0 N–H and O–H groups in total. The Balaban J connectivity index is 2.45. The average Bonchev–Trinajstić information content (AvgIpc) is 2.38. The van der Waals surface area contributed by atoms with Crippen LogP contribution in [0.25, 0.3) is 11.4 Å². The van der Waals surface area contributed by atoms with E-state index in [0.29, 0.717) is 0 Å². The largest absolute Gasteiger partial charge is 0.416 e. The topological polar surface area (TPSA) is 25.8 Å². The van der Waals surface area contributed by atoms with Crippen molar-refractivity contribution in [1.82, 2.24) is 9.97 Å². The minimum Gasteiger partial charge on any atom is -0.255 e. The quantitative estimate of drug-likeness (QED) is 0.770. The van der Waals surface area contributed by atoms with Gasteiger partial charge in [-0.15, -0.1) is 0 Å². The monoisotopic (exact) mass is 274 g/mol. The molecule has 7 heteroatoms. The molecule has 0 aliphatic rings. The van der Waals surface area contributed by atoms with Gasteiger partial charge in [-0.05, 0) is 24.3 Å².